The number of aryl methyl sites for hydroxylation is 4. The van der Waals surface area contributed by atoms with Crippen LogP contribution >= 0.6 is 11.3 Å². The van der Waals surface area contributed by atoms with Gasteiger partial charge in [-0.25, -0.2) is 9.36 Å². The molecule has 0 bridgehead atoms. The molecule has 0 atom stereocenters. The van der Waals surface area contributed by atoms with Gasteiger partial charge >= 0.3 is 5.69 Å². The van der Waals surface area contributed by atoms with Gasteiger partial charge in [-0.15, -0.1) is 11.3 Å². The fraction of sp³-hybridized carbons (Fsp3) is 0.240. The van der Waals surface area contributed by atoms with Crippen molar-refractivity contribution in [2.24, 2.45) is 0 Å². The molecule has 2 heterocycles. The molecule has 1 amide bonds. The monoisotopic (exact) mass is 445 g/mol. The number of aromatic nitrogens is 2. The van der Waals surface area contributed by atoms with Gasteiger partial charge in [0.15, 0.2) is 0 Å². The average Bonchev–Trinajstić information content (AvgIpc) is 3.43. The third kappa shape index (κ3) is 3.48. The van der Waals surface area contributed by atoms with Crippen LogP contribution in [-0.4, -0.2) is 15.0 Å². The molecule has 2 aromatic heterocycles. The van der Waals surface area contributed by atoms with Crippen molar-refractivity contribution < 1.29 is 4.79 Å². The number of benzene rings is 2. The van der Waals surface area contributed by atoms with E-state index in [1.807, 2.05) is 38.1 Å². The lowest BCUT2D eigenvalue weighted by molar-refractivity contribution is -0.116. The topological polar surface area (TPSA) is 73.1 Å². The molecule has 7 heteroatoms. The first kappa shape index (κ1) is 20.5. The highest BCUT2D eigenvalue weighted by Crippen LogP contribution is 2.25. The van der Waals surface area contributed by atoms with E-state index in [2.05, 4.69) is 11.4 Å². The van der Waals surface area contributed by atoms with E-state index in [4.69, 9.17) is 0 Å². The molecular formula is C25H23N3O3S. The lowest BCUT2D eigenvalue weighted by Gasteiger charge is -2.13. The molecule has 1 N–H and O–H groups in total. The minimum atomic E-state index is -0.520. The lowest BCUT2D eigenvalue weighted by atomic mass is 10.1. The molecule has 1 aliphatic carbocycles. The Morgan fingerprint density at radius 2 is 1.81 bits per heavy atom. The highest BCUT2D eigenvalue weighted by atomic mass is 32.1. The van der Waals surface area contributed by atoms with Gasteiger partial charge in [0.2, 0.25) is 5.91 Å². The molecular weight excluding hydrogens is 422 g/mol. The molecule has 4 aromatic rings. The van der Waals surface area contributed by atoms with E-state index < -0.39 is 5.69 Å². The Bertz CT molecular complexity index is 1490. The summed E-state index contributed by atoms with van der Waals surface area (Å²) in [7, 11) is 0. The van der Waals surface area contributed by atoms with E-state index in [-0.39, 0.29) is 18.0 Å². The number of carbonyl (C=O) groups excluding carboxylic acids is 1. The van der Waals surface area contributed by atoms with Gasteiger partial charge in [0, 0.05) is 5.69 Å². The Hall–Kier alpha value is -3.45. The van der Waals surface area contributed by atoms with Gasteiger partial charge in [0.25, 0.3) is 5.56 Å². The number of fused-ring (bicyclic) bond motifs is 2. The smallest absolute Gasteiger partial charge is 0.325 e. The van der Waals surface area contributed by atoms with Gasteiger partial charge < -0.3 is 5.32 Å². The van der Waals surface area contributed by atoms with Gasteiger partial charge in [-0.05, 0) is 91.1 Å². The predicted octanol–water partition coefficient (Wildman–Crippen LogP) is 3.96. The summed E-state index contributed by atoms with van der Waals surface area (Å²) >= 11 is 1.27. The molecule has 0 fully saturated rings. The molecule has 32 heavy (non-hydrogen) atoms. The van der Waals surface area contributed by atoms with Crippen molar-refractivity contribution in [2.45, 2.75) is 39.7 Å². The Morgan fingerprint density at radius 3 is 2.62 bits per heavy atom. The Kier molecular flexibility index (Phi) is 5.06. The second kappa shape index (κ2) is 7.91. The molecule has 2 aromatic carbocycles. The van der Waals surface area contributed by atoms with Crippen LogP contribution in [0.25, 0.3) is 15.9 Å². The molecule has 0 saturated carbocycles. The summed E-state index contributed by atoms with van der Waals surface area (Å²) < 4.78 is 2.99. The number of anilines is 1. The van der Waals surface area contributed by atoms with Crippen LogP contribution in [-0.2, 0) is 24.2 Å². The quantitative estimate of drug-likeness (QED) is 0.517. The molecule has 0 radical (unpaired) electrons. The van der Waals surface area contributed by atoms with Crippen LogP contribution < -0.4 is 16.6 Å². The van der Waals surface area contributed by atoms with Crippen LogP contribution in [0.3, 0.4) is 0 Å². The third-order valence-corrected chi connectivity index (χ3v) is 7.08. The van der Waals surface area contributed by atoms with Crippen molar-refractivity contribution in [3.63, 3.8) is 0 Å². The molecule has 0 spiro atoms. The summed E-state index contributed by atoms with van der Waals surface area (Å²) in [6.07, 6.45) is 3.24. The van der Waals surface area contributed by atoms with Gasteiger partial charge in [-0.1, -0.05) is 12.1 Å². The minimum absolute atomic E-state index is 0.172. The summed E-state index contributed by atoms with van der Waals surface area (Å²) in [5, 5.41) is 4.68. The maximum absolute atomic E-state index is 13.4. The van der Waals surface area contributed by atoms with Crippen molar-refractivity contribution in [3.8, 4) is 5.69 Å². The second-order valence-corrected chi connectivity index (χ2v) is 9.21. The zero-order valence-corrected chi connectivity index (χ0v) is 18.8. The summed E-state index contributed by atoms with van der Waals surface area (Å²) in [6.45, 7) is 3.75. The number of nitrogens with one attached hydrogen (secondary N) is 1. The molecule has 162 valence electrons. The highest BCUT2D eigenvalue weighted by molar-refractivity contribution is 7.17. The molecule has 0 unspecified atom stereocenters. The number of amides is 1. The fourth-order valence-corrected chi connectivity index (χ4v) is 5.15. The molecule has 1 aliphatic rings. The van der Waals surface area contributed by atoms with Gasteiger partial charge in [-0.2, -0.15) is 0 Å². The van der Waals surface area contributed by atoms with Crippen LogP contribution in [0.5, 0.6) is 0 Å². The lowest BCUT2D eigenvalue weighted by Crippen LogP contribution is -2.40. The summed E-state index contributed by atoms with van der Waals surface area (Å²) in [4.78, 5) is 39.4. The Balaban J connectivity index is 1.54. The van der Waals surface area contributed by atoms with Gasteiger partial charge in [-0.3, -0.25) is 14.2 Å². The molecule has 0 aliphatic heterocycles. The van der Waals surface area contributed by atoms with Crippen molar-refractivity contribution in [1.82, 2.24) is 9.13 Å². The van der Waals surface area contributed by atoms with E-state index >= 15 is 0 Å². The first-order chi connectivity index (χ1) is 15.4. The van der Waals surface area contributed by atoms with Crippen molar-refractivity contribution in [1.29, 1.82) is 0 Å². The number of nitrogens with zero attached hydrogens (tertiary/aromatic N) is 2. The summed E-state index contributed by atoms with van der Waals surface area (Å²) in [6, 6.07) is 13.2. The molecule has 6 nitrogen and oxygen atoms in total. The summed E-state index contributed by atoms with van der Waals surface area (Å²) in [5.74, 6) is -0.303. The van der Waals surface area contributed by atoms with Crippen LogP contribution in [0.1, 0.15) is 28.7 Å². The van der Waals surface area contributed by atoms with Crippen LogP contribution in [0.2, 0.25) is 0 Å². The van der Waals surface area contributed by atoms with Crippen LogP contribution in [0.15, 0.2) is 57.4 Å². The SMILES string of the molecule is Cc1ccc(-n2c(=O)c3sccc3n(CC(=O)Nc3ccc4c(c3)CCC4)c2=O)cc1C. The fourth-order valence-electron chi connectivity index (χ4n) is 4.33. The number of hydrogen-bond donors (Lipinski definition) is 1. The van der Waals surface area contributed by atoms with Gasteiger partial charge in [0.05, 0.1) is 11.2 Å². The average molecular weight is 446 g/mol. The minimum Gasteiger partial charge on any atom is -0.325 e. The third-order valence-electron chi connectivity index (χ3n) is 6.19. The van der Waals surface area contributed by atoms with E-state index in [1.54, 1.807) is 17.5 Å². The normalized spacial score (nSPS) is 12.8. The Morgan fingerprint density at radius 1 is 1.00 bits per heavy atom. The first-order valence-corrected chi connectivity index (χ1v) is 11.5. The maximum atomic E-state index is 13.4. The van der Waals surface area contributed by atoms with Crippen LogP contribution in [0, 0.1) is 13.8 Å². The predicted molar refractivity (Wildman–Crippen MR) is 128 cm³/mol. The number of hydrogen-bond acceptors (Lipinski definition) is 4. The number of thiophene rings is 1. The second-order valence-electron chi connectivity index (χ2n) is 8.30. The zero-order chi connectivity index (χ0) is 22.4. The van der Waals surface area contributed by atoms with Crippen molar-refractivity contribution in [2.75, 3.05) is 5.32 Å². The highest BCUT2D eigenvalue weighted by Gasteiger charge is 2.18. The van der Waals surface area contributed by atoms with E-state index in [0.717, 1.165) is 40.6 Å². The largest absolute Gasteiger partial charge is 0.336 e. The van der Waals surface area contributed by atoms with E-state index in [0.29, 0.717) is 15.9 Å². The van der Waals surface area contributed by atoms with Crippen molar-refractivity contribution in [3.05, 3.63) is 90.9 Å². The molecule has 5 rings (SSSR count). The first-order valence-electron chi connectivity index (χ1n) is 10.6. The zero-order valence-electron chi connectivity index (χ0n) is 18.0. The summed E-state index contributed by atoms with van der Waals surface area (Å²) in [5.41, 5.74) is 5.50. The van der Waals surface area contributed by atoms with Crippen molar-refractivity contribution >= 4 is 33.1 Å². The Labute approximate surface area is 188 Å². The standard InChI is InChI=1S/C25H23N3O3S/c1-15-6-9-20(12-16(15)2)28-24(30)23-21(10-11-32-23)27(25(28)31)14-22(29)26-19-8-7-17-4-3-5-18(17)13-19/h6-13H,3-5,14H2,1-2H3,(H,26,29). The maximum Gasteiger partial charge on any atom is 0.336 e. The van der Waals surface area contributed by atoms with E-state index in [9.17, 15) is 14.4 Å². The number of carbonyl (C=O) groups is 1. The van der Waals surface area contributed by atoms with E-state index in [1.165, 1.54) is 27.0 Å². The van der Waals surface area contributed by atoms with Crippen LogP contribution in [0.4, 0.5) is 5.69 Å². The number of rotatable bonds is 4. The van der Waals surface area contributed by atoms with Gasteiger partial charge in [0.1, 0.15) is 11.2 Å². The molecule has 0 saturated heterocycles.